The number of morpholine rings is 1. The van der Waals surface area contributed by atoms with E-state index in [1.54, 1.807) is 9.58 Å². The number of fused-ring (bicyclic) bond motifs is 1. The van der Waals surface area contributed by atoms with Crippen LogP contribution in [0.25, 0.3) is 11.0 Å². The van der Waals surface area contributed by atoms with E-state index in [1.165, 1.54) is 5.56 Å². The predicted molar refractivity (Wildman–Crippen MR) is 170 cm³/mol. The highest BCUT2D eigenvalue weighted by atomic mass is 16.5. The Balaban J connectivity index is 1.57. The molecule has 2 atom stereocenters. The number of nitrogens with one attached hydrogen (secondary N) is 1. The van der Waals surface area contributed by atoms with Crippen molar-refractivity contribution >= 4 is 34.2 Å². The van der Waals surface area contributed by atoms with Gasteiger partial charge in [-0.15, -0.1) is 5.10 Å². The zero-order valence-corrected chi connectivity index (χ0v) is 25.8. The van der Waals surface area contributed by atoms with Gasteiger partial charge in [0.15, 0.2) is 0 Å². The maximum absolute atomic E-state index is 14.4. The van der Waals surface area contributed by atoms with Crippen LogP contribution in [0.4, 0.5) is 11.4 Å². The molecule has 1 aromatic heterocycles. The standard InChI is InChI=1S/C34H42N6O3/c1-6-24(2)25-11-17-28(18-12-25)40(31(41)23-39-30-10-8-7-9-29(30)36-37-39)32(33(42)35-34(3,4)5)26-13-15-27(16-14-26)38-19-21-43-22-20-38/h7-18,24,32H,6,19-23H2,1-5H3,(H,35,42)/t24-,32-/m1/s1. The summed E-state index contributed by atoms with van der Waals surface area (Å²) in [5, 5.41) is 11.6. The van der Waals surface area contributed by atoms with Gasteiger partial charge in [0.2, 0.25) is 11.8 Å². The molecule has 1 aliphatic heterocycles. The zero-order chi connectivity index (χ0) is 30.6. The van der Waals surface area contributed by atoms with Crippen LogP contribution in [0.2, 0.25) is 0 Å². The van der Waals surface area contributed by atoms with Gasteiger partial charge in [0.1, 0.15) is 18.1 Å². The second-order valence-electron chi connectivity index (χ2n) is 12.2. The van der Waals surface area contributed by atoms with Crippen molar-refractivity contribution in [3.8, 4) is 0 Å². The highest BCUT2D eigenvalue weighted by Gasteiger charge is 2.35. The van der Waals surface area contributed by atoms with Gasteiger partial charge >= 0.3 is 0 Å². The summed E-state index contributed by atoms with van der Waals surface area (Å²) in [7, 11) is 0. The van der Waals surface area contributed by atoms with Crippen LogP contribution in [0.3, 0.4) is 0 Å². The fourth-order valence-electron chi connectivity index (χ4n) is 5.42. The maximum Gasteiger partial charge on any atom is 0.249 e. The molecule has 9 heteroatoms. The quantitative estimate of drug-likeness (QED) is 0.281. The SMILES string of the molecule is CC[C@@H](C)c1ccc(N(C(=O)Cn2nnc3ccccc32)[C@@H](C(=O)NC(C)(C)C)c2ccc(N3CCOCC3)cc2)cc1. The third-order valence-corrected chi connectivity index (χ3v) is 7.92. The Morgan fingerprint density at radius 3 is 2.26 bits per heavy atom. The molecule has 1 aliphatic rings. The number of benzene rings is 3. The molecule has 9 nitrogen and oxygen atoms in total. The molecule has 0 spiro atoms. The van der Waals surface area contributed by atoms with Crippen molar-refractivity contribution in [3.63, 3.8) is 0 Å². The molecular formula is C34H42N6O3. The number of aromatic nitrogens is 3. The first kappa shape index (κ1) is 30.2. The van der Waals surface area contributed by atoms with Gasteiger partial charge in [-0.1, -0.05) is 55.5 Å². The van der Waals surface area contributed by atoms with E-state index in [2.05, 4.69) is 46.5 Å². The lowest BCUT2D eigenvalue weighted by atomic mass is 9.97. The fraction of sp³-hybridized carbons (Fsp3) is 0.412. The molecule has 2 amide bonds. The van der Waals surface area contributed by atoms with E-state index in [0.717, 1.165) is 36.3 Å². The van der Waals surface area contributed by atoms with Crippen molar-refractivity contribution < 1.29 is 14.3 Å². The third kappa shape index (κ3) is 7.05. The van der Waals surface area contributed by atoms with E-state index >= 15 is 0 Å². The molecule has 1 N–H and O–H groups in total. The number of nitrogens with zero attached hydrogens (tertiary/aromatic N) is 5. The Kier molecular flexibility index (Phi) is 9.11. The first-order valence-electron chi connectivity index (χ1n) is 15.1. The average Bonchev–Trinajstić information content (AvgIpc) is 3.41. The Hall–Kier alpha value is -4.24. The summed E-state index contributed by atoms with van der Waals surface area (Å²) in [5.41, 5.74) is 4.59. The monoisotopic (exact) mass is 582 g/mol. The molecule has 2 heterocycles. The second kappa shape index (κ2) is 13.0. The number of carbonyl (C=O) groups is 2. The van der Waals surface area contributed by atoms with E-state index in [1.807, 2.05) is 81.4 Å². The van der Waals surface area contributed by atoms with Gasteiger partial charge in [-0.25, -0.2) is 4.68 Å². The molecule has 4 aromatic rings. The van der Waals surface area contributed by atoms with Gasteiger partial charge in [-0.2, -0.15) is 0 Å². The van der Waals surface area contributed by atoms with E-state index in [9.17, 15) is 9.59 Å². The summed E-state index contributed by atoms with van der Waals surface area (Å²) in [4.78, 5) is 32.4. The number of hydrogen-bond donors (Lipinski definition) is 1. The summed E-state index contributed by atoms with van der Waals surface area (Å²) < 4.78 is 7.11. The van der Waals surface area contributed by atoms with Crippen LogP contribution in [0.1, 0.15) is 64.1 Å². The Labute approximate surface area is 253 Å². The van der Waals surface area contributed by atoms with E-state index in [0.29, 0.717) is 30.3 Å². The molecule has 0 aliphatic carbocycles. The average molecular weight is 583 g/mol. The summed E-state index contributed by atoms with van der Waals surface area (Å²) >= 11 is 0. The van der Waals surface area contributed by atoms with Gasteiger partial charge in [0, 0.05) is 30.0 Å². The molecular weight excluding hydrogens is 540 g/mol. The number of rotatable bonds is 9. The molecule has 43 heavy (non-hydrogen) atoms. The number of amides is 2. The fourth-order valence-corrected chi connectivity index (χ4v) is 5.42. The summed E-state index contributed by atoms with van der Waals surface area (Å²) in [6.07, 6.45) is 1.01. The summed E-state index contributed by atoms with van der Waals surface area (Å²) in [6.45, 7) is 13.1. The largest absolute Gasteiger partial charge is 0.378 e. The highest BCUT2D eigenvalue weighted by Crippen LogP contribution is 2.32. The normalized spacial score (nSPS) is 15.2. The molecule has 0 radical (unpaired) electrons. The molecule has 1 saturated heterocycles. The first-order chi connectivity index (χ1) is 20.6. The molecule has 0 bridgehead atoms. The number of hydrogen-bond acceptors (Lipinski definition) is 6. The van der Waals surface area contributed by atoms with Crippen molar-refractivity contribution in [1.82, 2.24) is 20.3 Å². The lowest BCUT2D eigenvalue weighted by Crippen LogP contribution is -2.50. The molecule has 5 rings (SSSR count). The first-order valence-corrected chi connectivity index (χ1v) is 15.1. The van der Waals surface area contributed by atoms with Gasteiger partial charge in [-0.05, 0) is 80.6 Å². The Bertz CT molecular complexity index is 1540. The van der Waals surface area contributed by atoms with Gasteiger partial charge in [-0.3, -0.25) is 14.5 Å². The minimum atomic E-state index is -0.908. The van der Waals surface area contributed by atoms with Crippen LogP contribution in [-0.4, -0.2) is 58.7 Å². The third-order valence-electron chi connectivity index (χ3n) is 7.92. The highest BCUT2D eigenvalue weighted by molar-refractivity contribution is 6.01. The van der Waals surface area contributed by atoms with E-state index < -0.39 is 11.6 Å². The molecule has 1 fully saturated rings. The topological polar surface area (TPSA) is 92.6 Å². The van der Waals surface area contributed by atoms with Gasteiger partial charge in [0.05, 0.1) is 18.7 Å². The summed E-state index contributed by atoms with van der Waals surface area (Å²) in [5.74, 6) is -0.139. The number of carbonyl (C=O) groups excluding carboxylic acids is 2. The van der Waals surface area contributed by atoms with E-state index in [-0.39, 0.29) is 18.4 Å². The smallest absolute Gasteiger partial charge is 0.249 e. The van der Waals surface area contributed by atoms with Crippen LogP contribution in [0.5, 0.6) is 0 Å². The molecule has 226 valence electrons. The number of ether oxygens (including phenoxy) is 1. The molecule has 0 unspecified atom stereocenters. The lowest BCUT2D eigenvalue weighted by molar-refractivity contribution is -0.128. The van der Waals surface area contributed by atoms with Gasteiger partial charge < -0.3 is 15.0 Å². The van der Waals surface area contributed by atoms with Crippen molar-refractivity contribution in [2.45, 2.75) is 65.1 Å². The van der Waals surface area contributed by atoms with Crippen molar-refractivity contribution in [2.75, 3.05) is 36.1 Å². The van der Waals surface area contributed by atoms with Crippen LogP contribution in [0.15, 0.2) is 72.8 Å². The van der Waals surface area contributed by atoms with E-state index in [4.69, 9.17) is 4.74 Å². The molecule has 3 aromatic carbocycles. The van der Waals surface area contributed by atoms with Crippen LogP contribution in [0, 0.1) is 0 Å². The van der Waals surface area contributed by atoms with Crippen LogP contribution >= 0.6 is 0 Å². The maximum atomic E-state index is 14.4. The Morgan fingerprint density at radius 2 is 1.60 bits per heavy atom. The Morgan fingerprint density at radius 1 is 0.953 bits per heavy atom. The van der Waals surface area contributed by atoms with Crippen LogP contribution in [-0.2, 0) is 20.9 Å². The molecule has 0 saturated carbocycles. The number of para-hydroxylation sites is 1. The van der Waals surface area contributed by atoms with Gasteiger partial charge in [0.25, 0.3) is 0 Å². The van der Waals surface area contributed by atoms with Crippen molar-refractivity contribution in [3.05, 3.63) is 83.9 Å². The van der Waals surface area contributed by atoms with Crippen molar-refractivity contribution in [2.24, 2.45) is 0 Å². The van der Waals surface area contributed by atoms with Crippen molar-refractivity contribution in [1.29, 1.82) is 0 Å². The summed E-state index contributed by atoms with van der Waals surface area (Å²) in [6, 6.07) is 22.6. The minimum Gasteiger partial charge on any atom is -0.378 e. The zero-order valence-electron chi connectivity index (χ0n) is 25.8. The lowest BCUT2D eigenvalue weighted by Gasteiger charge is -2.34. The second-order valence-corrected chi connectivity index (χ2v) is 12.2. The predicted octanol–water partition coefficient (Wildman–Crippen LogP) is 5.47. The van der Waals surface area contributed by atoms with Crippen LogP contribution < -0.4 is 15.1 Å². The number of anilines is 2. The minimum absolute atomic E-state index is 0.0706.